The topological polar surface area (TPSA) is 442 Å². The number of carboxylic acid groups (broad SMARTS) is 1. The largest absolute Gasteiger partial charge is 0.481 e. The van der Waals surface area contributed by atoms with E-state index in [1.165, 1.54) is 19.4 Å². The molecule has 11 amide bonds. The van der Waals surface area contributed by atoms with Gasteiger partial charge < -0.3 is 74.8 Å². The van der Waals surface area contributed by atoms with E-state index in [1.54, 1.807) is 42.6 Å². The van der Waals surface area contributed by atoms with Crippen LogP contribution in [0.1, 0.15) is 75.6 Å². The van der Waals surface area contributed by atoms with Gasteiger partial charge >= 0.3 is 12.0 Å². The number of thiol groups is 2. The first-order valence-corrected chi connectivity index (χ1v) is 28.0. The minimum absolute atomic E-state index is 0.0142. The van der Waals surface area contributed by atoms with Crippen LogP contribution in [0.5, 0.6) is 0 Å². The Labute approximate surface area is 488 Å². The van der Waals surface area contributed by atoms with Gasteiger partial charge in [0.05, 0.1) is 6.33 Å². The standard InChI is InChI=1S/C53H72N16O12S2/c1-3-4-14-36-51(80)69(53(81)68-36)28(2)44(73)67-41(26-83)50(79)62-35(17-18-42(70)71)46(75)65-39(22-31-24-57-27-60-31)49(78)63-37(20-29-11-6-5-7-12-29)47(76)61-34(16-10-19-58-52(55)56)45(74)64-38(48(77)66-40(25-82)43(54)72)21-30-23-59-33-15-9-8-13-32(30)33/h5-9,11-13,15,23-24,27-28,34-41,59,82-83H,3-4,10,14,16-22,25-26H2,1-2H3,(H2,54,72)(H,57,60)(H,61,76)(H,62,79)(H,63,78)(H,64,74)(H,65,75)(H,66,77)(H,67,73)(H,68,81)(H,70,71)(H4,55,56,58)/t28-,34+,35-,36-,37+,38-,39+,40+,41+/m0/s1. The van der Waals surface area contributed by atoms with Gasteiger partial charge in [0.2, 0.25) is 47.3 Å². The van der Waals surface area contributed by atoms with Crippen molar-refractivity contribution in [1.82, 2.24) is 62.4 Å². The van der Waals surface area contributed by atoms with Crippen molar-refractivity contribution in [1.29, 1.82) is 0 Å². The van der Waals surface area contributed by atoms with Gasteiger partial charge in [0.1, 0.15) is 54.4 Å². The summed E-state index contributed by atoms with van der Waals surface area (Å²) in [7, 11) is 0. The second-order valence-corrected chi connectivity index (χ2v) is 20.4. The van der Waals surface area contributed by atoms with Crippen molar-refractivity contribution in [3.63, 3.8) is 0 Å². The predicted octanol–water partition coefficient (Wildman–Crippen LogP) is -1.93. The van der Waals surface area contributed by atoms with Crippen molar-refractivity contribution in [2.75, 3.05) is 18.1 Å². The summed E-state index contributed by atoms with van der Waals surface area (Å²) in [5.41, 5.74) is 18.9. The summed E-state index contributed by atoms with van der Waals surface area (Å²) in [6.45, 7) is 3.22. The molecule has 5 rings (SSSR count). The van der Waals surface area contributed by atoms with Crippen LogP contribution < -0.4 is 59.7 Å². The number of imide groups is 1. The van der Waals surface area contributed by atoms with Gasteiger partial charge in [0.25, 0.3) is 5.91 Å². The number of primary amides is 1. The molecule has 17 N–H and O–H groups in total. The molecule has 0 saturated carbocycles. The number of aromatic amines is 2. The van der Waals surface area contributed by atoms with E-state index >= 15 is 0 Å². The van der Waals surface area contributed by atoms with E-state index < -0.39 is 132 Å². The van der Waals surface area contributed by atoms with E-state index in [2.05, 4.69) is 87.7 Å². The summed E-state index contributed by atoms with van der Waals surface area (Å²) in [6, 6.07) is 2.45. The number of hydrogen-bond donors (Lipinski definition) is 16. The van der Waals surface area contributed by atoms with E-state index in [1.807, 2.05) is 25.1 Å². The smallest absolute Gasteiger partial charge is 0.325 e. The number of carbonyl (C=O) groups excluding carboxylic acids is 10. The maximum atomic E-state index is 14.7. The SMILES string of the molecule is CCCC[C@@H]1NC(=O)N([C@@H](C)C(=O)N[C@H](CS)C(=O)N[C@@H](CCC(=O)O)C(=O)N[C@H](Cc2cnc[nH]2)C(=O)N[C@H](Cc2ccccc2)C(=O)N[C@H](CCCN=C(N)N)C(=O)N[C@@H](Cc2c[nH]c3ccccc23)C(=O)N[C@H](CS)C(N)=O)C1=O. The van der Waals surface area contributed by atoms with Crippen LogP contribution in [0.15, 0.2) is 78.3 Å². The van der Waals surface area contributed by atoms with E-state index in [9.17, 15) is 57.8 Å². The third-order valence-corrected chi connectivity index (χ3v) is 14.2. The van der Waals surface area contributed by atoms with Gasteiger partial charge in [0.15, 0.2) is 5.96 Å². The number of unbranched alkanes of at least 4 members (excludes halogenated alkanes) is 1. The molecule has 28 nitrogen and oxygen atoms in total. The number of carbonyl (C=O) groups is 11. The lowest BCUT2D eigenvalue weighted by Gasteiger charge is -2.28. The van der Waals surface area contributed by atoms with Crippen molar-refractivity contribution in [2.45, 2.75) is 132 Å². The number of nitrogens with zero attached hydrogens (tertiary/aromatic N) is 3. The number of carboxylic acids is 1. The van der Waals surface area contributed by atoms with E-state index in [4.69, 9.17) is 17.2 Å². The molecule has 0 radical (unpaired) electrons. The first kappa shape index (κ1) is 65.1. The monoisotopic (exact) mass is 1190 g/mol. The molecule has 0 unspecified atom stereocenters. The van der Waals surface area contributed by atoms with Crippen molar-refractivity contribution >= 4 is 107 Å². The fraction of sp³-hybridized carbons (Fsp3) is 0.453. The van der Waals surface area contributed by atoms with E-state index in [0.717, 1.165) is 22.2 Å². The van der Waals surface area contributed by atoms with Crippen molar-refractivity contribution in [2.24, 2.45) is 22.2 Å². The number of aliphatic imine (C=N–C) groups is 1. The minimum Gasteiger partial charge on any atom is -0.481 e. The number of urea groups is 1. The molecule has 1 aliphatic rings. The minimum atomic E-state index is -1.67. The van der Waals surface area contributed by atoms with Gasteiger partial charge in [-0.2, -0.15) is 25.3 Å². The van der Waals surface area contributed by atoms with Gasteiger partial charge in [-0.3, -0.25) is 57.8 Å². The molecular weight excluding hydrogens is 1120 g/mol. The van der Waals surface area contributed by atoms with Gasteiger partial charge in [0, 0.05) is 72.7 Å². The first-order chi connectivity index (χ1) is 39.6. The Kier molecular flexibility index (Phi) is 25.2. The molecule has 2 aromatic carbocycles. The van der Waals surface area contributed by atoms with Crippen LogP contribution in [0.4, 0.5) is 4.79 Å². The summed E-state index contributed by atoms with van der Waals surface area (Å²) >= 11 is 8.35. The zero-order chi connectivity index (χ0) is 60.8. The Bertz CT molecular complexity index is 2960. The number of amides is 11. The molecule has 9 atom stereocenters. The number of aliphatic carboxylic acids is 1. The van der Waals surface area contributed by atoms with Gasteiger partial charge in [-0.05, 0) is 49.8 Å². The molecule has 0 spiro atoms. The molecule has 3 heterocycles. The molecule has 0 aliphatic carbocycles. The highest BCUT2D eigenvalue weighted by Crippen LogP contribution is 2.20. The second kappa shape index (κ2) is 32.1. The molecule has 448 valence electrons. The fourth-order valence-corrected chi connectivity index (χ4v) is 9.41. The third-order valence-electron chi connectivity index (χ3n) is 13.4. The third kappa shape index (κ3) is 19.5. The number of imidazole rings is 1. The molecular formula is C53H72N16O12S2. The summed E-state index contributed by atoms with van der Waals surface area (Å²) in [6.07, 6.45) is 4.32. The molecule has 1 aliphatic heterocycles. The number of H-pyrrole nitrogens is 2. The number of fused-ring (bicyclic) bond motifs is 1. The Hall–Kier alpha value is -8.67. The Morgan fingerprint density at radius 3 is 1.80 bits per heavy atom. The van der Waals surface area contributed by atoms with Crippen LogP contribution in [0.25, 0.3) is 10.9 Å². The molecule has 1 fully saturated rings. The van der Waals surface area contributed by atoms with Crippen molar-refractivity contribution < 1.29 is 57.8 Å². The van der Waals surface area contributed by atoms with Gasteiger partial charge in [-0.25, -0.2) is 9.78 Å². The summed E-state index contributed by atoms with van der Waals surface area (Å²) < 4.78 is 0. The molecule has 2 aromatic heterocycles. The number of guanidine groups is 1. The lowest BCUT2D eigenvalue weighted by atomic mass is 10.0. The Morgan fingerprint density at radius 1 is 0.675 bits per heavy atom. The summed E-state index contributed by atoms with van der Waals surface area (Å²) in [5, 5.41) is 31.0. The Morgan fingerprint density at radius 2 is 1.22 bits per heavy atom. The summed E-state index contributed by atoms with van der Waals surface area (Å²) in [5.74, 6) is -10.1. The average Bonchev–Trinajstić information content (AvgIpc) is 4.42. The molecule has 83 heavy (non-hydrogen) atoms. The van der Waals surface area contributed by atoms with Crippen LogP contribution >= 0.6 is 25.3 Å². The number of hydrogen-bond acceptors (Lipinski definition) is 15. The highest BCUT2D eigenvalue weighted by atomic mass is 32.1. The average molecular weight is 1190 g/mol. The van der Waals surface area contributed by atoms with Crippen LogP contribution in [-0.4, -0.2) is 169 Å². The number of aromatic nitrogens is 3. The normalized spacial score (nSPS) is 15.9. The van der Waals surface area contributed by atoms with Crippen molar-refractivity contribution in [3.8, 4) is 0 Å². The number of rotatable bonds is 34. The summed E-state index contributed by atoms with van der Waals surface area (Å²) in [4.78, 5) is 164. The van der Waals surface area contributed by atoms with Crippen molar-refractivity contribution in [3.05, 3.63) is 90.1 Å². The number of nitrogens with two attached hydrogens (primary N) is 3. The Balaban J connectivity index is 1.40. The maximum Gasteiger partial charge on any atom is 0.325 e. The zero-order valence-electron chi connectivity index (χ0n) is 45.7. The lowest BCUT2D eigenvalue weighted by molar-refractivity contribution is -0.139. The first-order valence-electron chi connectivity index (χ1n) is 26.7. The lowest BCUT2D eigenvalue weighted by Crippen LogP contribution is -2.61. The van der Waals surface area contributed by atoms with Gasteiger partial charge in [-0.1, -0.05) is 68.3 Å². The van der Waals surface area contributed by atoms with Crippen LogP contribution in [0.3, 0.4) is 0 Å². The molecule has 0 bridgehead atoms. The maximum absolute atomic E-state index is 14.7. The van der Waals surface area contributed by atoms with Crippen LogP contribution in [0, 0.1) is 0 Å². The highest BCUT2D eigenvalue weighted by molar-refractivity contribution is 7.80. The molecule has 1 saturated heterocycles. The van der Waals surface area contributed by atoms with E-state index in [0.29, 0.717) is 29.7 Å². The molecule has 4 aromatic rings. The predicted molar refractivity (Wildman–Crippen MR) is 310 cm³/mol. The molecule has 30 heteroatoms. The van der Waals surface area contributed by atoms with E-state index in [-0.39, 0.29) is 56.1 Å². The fourth-order valence-electron chi connectivity index (χ4n) is 8.89. The number of benzene rings is 2. The quantitative estimate of drug-likeness (QED) is 0.00797. The zero-order valence-corrected chi connectivity index (χ0v) is 47.5. The van der Waals surface area contributed by atoms with Crippen LogP contribution in [0.2, 0.25) is 0 Å². The highest BCUT2D eigenvalue weighted by Gasteiger charge is 2.43. The van der Waals surface area contributed by atoms with Gasteiger partial charge in [-0.15, -0.1) is 0 Å². The van der Waals surface area contributed by atoms with Crippen LogP contribution in [-0.2, 0) is 67.2 Å². The number of nitrogens with one attached hydrogen (secondary N) is 10. The number of para-hydroxylation sites is 1. The second-order valence-electron chi connectivity index (χ2n) is 19.6.